The number of hydrogen-bond donors (Lipinski definition) is 1. The average molecular weight is 289 g/mol. The molecule has 5 heteroatoms. The summed E-state index contributed by atoms with van der Waals surface area (Å²) < 4.78 is 10.3. The molecule has 1 N–H and O–H groups in total. The first-order valence-electron chi connectivity index (χ1n) is 5.97. The Balaban J connectivity index is 2.07. The predicted molar refractivity (Wildman–Crippen MR) is 81.5 cm³/mol. The molecule has 1 aromatic heterocycles. The Morgan fingerprint density at radius 1 is 1.20 bits per heavy atom. The van der Waals surface area contributed by atoms with Crippen molar-refractivity contribution in [3.63, 3.8) is 0 Å². The van der Waals surface area contributed by atoms with E-state index < -0.39 is 0 Å². The molecule has 0 saturated heterocycles. The van der Waals surface area contributed by atoms with Crippen molar-refractivity contribution < 1.29 is 14.3 Å². The first kappa shape index (κ1) is 14.1. The fourth-order valence-corrected chi connectivity index (χ4v) is 2.23. The third kappa shape index (κ3) is 3.86. The monoisotopic (exact) mass is 289 g/mol. The van der Waals surface area contributed by atoms with E-state index in [0.717, 1.165) is 4.88 Å². The molecule has 104 valence electrons. The number of carbonyl (C=O) groups excluding carboxylic acids is 1. The Morgan fingerprint density at radius 3 is 2.45 bits per heavy atom. The summed E-state index contributed by atoms with van der Waals surface area (Å²) in [6, 6.07) is 9.11. The highest BCUT2D eigenvalue weighted by Gasteiger charge is 2.04. The summed E-state index contributed by atoms with van der Waals surface area (Å²) in [6.07, 6.45) is 3.27. The van der Waals surface area contributed by atoms with Gasteiger partial charge in [-0.2, -0.15) is 0 Å². The number of rotatable bonds is 5. The number of ether oxygens (including phenoxy) is 2. The van der Waals surface area contributed by atoms with Crippen LogP contribution in [0.4, 0.5) is 5.69 Å². The highest BCUT2D eigenvalue weighted by Crippen LogP contribution is 2.25. The molecule has 0 bridgehead atoms. The van der Waals surface area contributed by atoms with Crippen LogP contribution in [0.5, 0.6) is 11.5 Å². The zero-order valence-electron chi connectivity index (χ0n) is 11.3. The minimum Gasteiger partial charge on any atom is -0.497 e. The maximum Gasteiger partial charge on any atom is 0.248 e. The molecule has 0 radical (unpaired) electrons. The van der Waals surface area contributed by atoms with E-state index in [-0.39, 0.29) is 5.91 Å². The third-order valence-corrected chi connectivity index (χ3v) is 3.40. The Morgan fingerprint density at radius 2 is 1.90 bits per heavy atom. The van der Waals surface area contributed by atoms with Gasteiger partial charge in [-0.05, 0) is 17.5 Å². The van der Waals surface area contributed by atoms with Crippen LogP contribution in [-0.4, -0.2) is 20.1 Å². The third-order valence-electron chi connectivity index (χ3n) is 2.56. The molecule has 0 atom stereocenters. The molecule has 0 aliphatic heterocycles. The summed E-state index contributed by atoms with van der Waals surface area (Å²) in [7, 11) is 3.13. The van der Waals surface area contributed by atoms with E-state index in [1.54, 1.807) is 49.8 Å². The second kappa shape index (κ2) is 6.77. The molecule has 1 amide bonds. The molecule has 2 aromatic rings. The second-order valence-corrected chi connectivity index (χ2v) is 4.92. The zero-order valence-corrected chi connectivity index (χ0v) is 12.1. The summed E-state index contributed by atoms with van der Waals surface area (Å²) in [4.78, 5) is 12.9. The molecule has 0 saturated carbocycles. The molecule has 20 heavy (non-hydrogen) atoms. The van der Waals surface area contributed by atoms with Gasteiger partial charge in [0.25, 0.3) is 0 Å². The SMILES string of the molecule is COc1cc(NC(=O)/C=C/c2cccs2)cc(OC)c1. The Hall–Kier alpha value is -2.27. The Kier molecular flexibility index (Phi) is 4.79. The highest BCUT2D eigenvalue weighted by molar-refractivity contribution is 7.10. The van der Waals surface area contributed by atoms with Crippen LogP contribution in [0.15, 0.2) is 41.8 Å². The Bertz CT molecular complexity index is 583. The number of benzene rings is 1. The van der Waals surface area contributed by atoms with Crippen molar-refractivity contribution in [1.82, 2.24) is 0 Å². The van der Waals surface area contributed by atoms with Gasteiger partial charge < -0.3 is 14.8 Å². The van der Waals surface area contributed by atoms with E-state index in [1.165, 1.54) is 6.08 Å². The summed E-state index contributed by atoms with van der Waals surface area (Å²) in [5.41, 5.74) is 0.627. The smallest absolute Gasteiger partial charge is 0.248 e. The summed E-state index contributed by atoms with van der Waals surface area (Å²) in [6.45, 7) is 0. The molecule has 0 aliphatic rings. The van der Waals surface area contributed by atoms with Crippen molar-refractivity contribution in [3.8, 4) is 11.5 Å². The molecule has 1 heterocycles. The van der Waals surface area contributed by atoms with Crippen LogP contribution in [0, 0.1) is 0 Å². The molecule has 1 aromatic carbocycles. The molecule has 2 rings (SSSR count). The van der Waals surface area contributed by atoms with E-state index in [9.17, 15) is 4.79 Å². The van der Waals surface area contributed by atoms with Gasteiger partial charge in [0.1, 0.15) is 11.5 Å². The van der Waals surface area contributed by atoms with Gasteiger partial charge in [0.15, 0.2) is 0 Å². The predicted octanol–water partition coefficient (Wildman–Crippen LogP) is 3.42. The summed E-state index contributed by atoms with van der Waals surface area (Å²) in [5, 5.41) is 4.74. The number of hydrogen-bond acceptors (Lipinski definition) is 4. The number of thiophene rings is 1. The molecule has 0 aliphatic carbocycles. The van der Waals surface area contributed by atoms with Crippen LogP contribution in [0.2, 0.25) is 0 Å². The van der Waals surface area contributed by atoms with Gasteiger partial charge >= 0.3 is 0 Å². The minimum absolute atomic E-state index is 0.200. The highest BCUT2D eigenvalue weighted by atomic mass is 32.1. The van der Waals surface area contributed by atoms with E-state index in [2.05, 4.69) is 5.32 Å². The van der Waals surface area contributed by atoms with Gasteiger partial charge in [0.2, 0.25) is 5.91 Å². The fraction of sp³-hybridized carbons (Fsp3) is 0.133. The number of amides is 1. The molecule has 0 fully saturated rings. The van der Waals surface area contributed by atoms with E-state index in [0.29, 0.717) is 17.2 Å². The van der Waals surface area contributed by atoms with Gasteiger partial charge in [0, 0.05) is 34.8 Å². The van der Waals surface area contributed by atoms with Crippen molar-refractivity contribution >= 4 is 29.0 Å². The maximum absolute atomic E-state index is 11.8. The van der Waals surface area contributed by atoms with Gasteiger partial charge in [-0.25, -0.2) is 0 Å². The van der Waals surface area contributed by atoms with Gasteiger partial charge in [-0.1, -0.05) is 6.07 Å². The summed E-state index contributed by atoms with van der Waals surface area (Å²) in [5.74, 6) is 1.05. The first-order valence-corrected chi connectivity index (χ1v) is 6.85. The van der Waals surface area contributed by atoms with Crippen LogP contribution in [-0.2, 0) is 4.79 Å². The van der Waals surface area contributed by atoms with Crippen molar-refractivity contribution in [3.05, 3.63) is 46.7 Å². The van der Waals surface area contributed by atoms with Gasteiger partial charge in [-0.3, -0.25) is 4.79 Å². The molecule has 4 nitrogen and oxygen atoms in total. The topological polar surface area (TPSA) is 47.6 Å². The van der Waals surface area contributed by atoms with Crippen LogP contribution in [0.3, 0.4) is 0 Å². The fourth-order valence-electron chi connectivity index (χ4n) is 1.61. The lowest BCUT2D eigenvalue weighted by atomic mass is 10.2. The lowest BCUT2D eigenvalue weighted by Crippen LogP contribution is -2.07. The normalized spacial score (nSPS) is 10.5. The molecular formula is C15H15NO3S. The quantitative estimate of drug-likeness (QED) is 0.858. The minimum atomic E-state index is -0.200. The standard InChI is InChI=1S/C15H15NO3S/c1-18-12-8-11(9-13(10-12)19-2)16-15(17)6-5-14-4-3-7-20-14/h3-10H,1-2H3,(H,16,17)/b6-5+. The summed E-state index contributed by atoms with van der Waals surface area (Å²) >= 11 is 1.58. The van der Waals surface area contributed by atoms with E-state index in [4.69, 9.17) is 9.47 Å². The number of anilines is 1. The van der Waals surface area contributed by atoms with Crippen molar-refractivity contribution in [2.24, 2.45) is 0 Å². The Labute approximate surface area is 121 Å². The zero-order chi connectivity index (χ0) is 14.4. The lowest BCUT2D eigenvalue weighted by Gasteiger charge is -2.08. The van der Waals surface area contributed by atoms with E-state index in [1.807, 2.05) is 17.5 Å². The van der Waals surface area contributed by atoms with Crippen LogP contribution in [0.1, 0.15) is 4.88 Å². The second-order valence-electron chi connectivity index (χ2n) is 3.94. The number of methoxy groups -OCH3 is 2. The van der Waals surface area contributed by atoms with Gasteiger partial charge in [-0.15, -0.1) is 11.3 Å². The molecular weight excluding hydrogens is 274 g/mol. The maximum atomic E-state index is 11.8. The molecule has 0 spiro atoms. The number of carbonyl (C=O) groups is 1. The largest absolute Gasteiger partial charge is 0.497 e. The molecule has 0 unspecified atom stereocenters. The van der Waals surface area contributed by atoms with Crippen molar-refractivity contribution in [2.75, 3.05) is 19.5 Å². The first-order chi connectivity index (χ1) is 9.71. The van der Waals surface area contributed by atoms with Crippen LogP contribution in [0.25, 0.3) is 6.08 Å². The van der Waals surface area contributed by atoms with E-state index >= 15 is 0 Å². The lowest BCUT2D eigenvalue weighted by molar-refractivity contribution is -0.111. The average Bonchev–Trinajstić information content (AvgIpc) is 2.98. The number of nitrogens with one attached hydrogen (secondary N) is 1. The van der Waals surface area contributed by atoms with Crippen LogP contribution >= 0.6 is 11.3 Å². The van der Waals surface area contributed by atoms with Gasteiger partial charge in [0.05, 0.1) is 14.2 Å². The van der Waals surface area contributed by atoms with Crippen LogP contribution < -0.4 is 14.8 Å². The van der Waals surface area contributed by atoms with Crippen molar-refractivity contribution in [2.45, 2.75) is 0 Å². The van der Waals surface area contributed by atoms with Crippen molar-refractivity contribution in [1.29, 1.82) is 0 Å².